The number of halogens is 3. The van der Waals surface area contributed by atoms with Gasteiger partial charge in [-0.3, -0.25) is 10.1 Å². The fourth-order valence-electron chi connectivity index (χ4n) is 5.12. The number of benzene rings is 3. The highest BCUT2D eigenvalue weighted by Gasteiger charge is 2.58. The van der Waals surface area contributed by atoms with Crippen molar-refractivity contribution >= 4 is 67.9 Å². The first-order chi connectivity index (χ1) is 18.9. The third-order valence-corrected chi connectivity index (χ3v) is 8.87. The Hall–Kier alpha value is -3.17. The van der Waals surface area contributed by atoms with Gasteiger partial charge in [-0.05, 0) is 65.9 Å². The van der Waals surface area contributed by atoms with Gasteiger partial charge in [-0.1, -0.05) is 75.5 Å². The van der Waals surface area contributed by atoms with E-state index in [9.17, 15) is 4.79 Å². The number of carbonyl (C=O) groups is 1. The van der Waals surface area contributed by atoms with Crippen molar-refractivity contribution in [2.45, 2.75) is 18.3 Å². The third kappa shape index (κ3) is 4.17. The Morgan fingerprint density at radius 3 is 2.64 bits per heavy atom. The first-order valence-corrected chi connectivity index (χ1v) is 14.4. The van der Waals surface area contributed by atoms with Crippen molar-refractivity contribution in [3.8, 4) is 17.1 Å². The number of rotatable bonds is 3. The van der Waals surface area contributed by atoms with Crippen LogP contribution in [0.25, 0.3) is 17.4 Å². The maximum atomic E-state index is 12.9. The maximum absolute atomic E-state index is 12.9. The standard InChI is InChI=1S/C29H18BrCl2N3O3S/c30-17-9-11-24-19(13-17)23-15-22(16-5-2-1-3-6-16)34-35(23)29(38-24)26(39-28(36)33-29)14-18-10-12-25(37-18)27-20(31)7-4-8-21(27)32/h1-14,23H,15H2,(H,33,36)/b26-14-. The quantitative estimate of drug-likeness (QED) is 0.243. The molecule has 1 amide bonds. The zero-order valence-electron chi connectivity index (χ0n) is 20.0. The second-order valence-corrected chi connectivity index (χ2v) is 12.0. The summed E-state index contributed by atoms with van der Waals surface area (Å²) < 4.78 is 13.7. The molecule has 0 bridgehead atoms. The van der Waals surface area contributed by atoms with Crippen LogP contribution in [0.2, 0.25) is 10.0 Å². The van der Waals surface area contributed by atoms with Crippen LogP contribution in [-0.2, 0) is 0 Å². The molecular weight excluding hydrogens is 621 g/mol. The minimum Gasteiger partial charge on any atom is -0.457 e. The van der Waals surface area contributed by atoms with Crippen molar-refractivity contribution in [1.82, 2.24) is 10.3 Å². The van der Waals surface area contributed by atoms with E-state index in [0.29, 0.717) is 44.2 Å². The van der Waals surface area contributed by atoms with Gasteiger partial charge in [0.2, 0.25) is 0 Å². The van der Waals surface area contributed by atoms with Crippen LogP contribution < -0.4 is 10.1 Å². The molecule has 10 heteroatoms. The molecule has 1 spiro atoms. The average molecular weight is 639 g/mol. The van der Waals surface area contributed by atoms with E-state index in [2.05, 4.69) is 21.2 Å². The van der Waals surface area contributed by atoms with Gasteiger partial charge in [0.05, 0.1) is 32.3 Å². The fraction of sp³-hybridized carbons (Fsp3) is 0.103. The molecule has 3 aliphatic rings. The van der Waals surface area contributed by atoms with Crippen LogP contribution in [0.5, 0.6) is 5.75 Å². The first kappa shape index (κ1) is 24.8. The Morgan fingerprint density at radius 2 is 1.85 bits per heavy atom. The lowest BCUT2D eigenvalue weighted by Gasteiger charge is -2.45. The molecule has 2 atom stereocenters. The molecule has 1 N–H and O–H groups in total. The van der Waals surface area contributed by atoms with Crippen LogP contribution in [0.4, 0.5) is 4.79 Å². The summed E-state index contributed by atoms with van der Waals surface area (Å²) in [5.41, 5.74) is 3.53. The molecule has 2 unspecified atom stereocenters. The van der Waals surface area contributed by atoms with Crippen LogP contribution in [0, 0.1) is 0 Å². The van der Waals surface area contributed by atoms with E-state index in [0.717, 1.165) is 33.1 Å². The van der Waals surface area contributed by atoms with Gasteiger partial charge in [0, 0.05) is 16.5 Å². The van der Waals surface area contributed by atoms with Crippen molar-refractivity contribution in [3.05, 3.63) is 115 Å². The van der Waals surface area contributed by atoms with Crippen LogP contribution >= 0.6 is 50.9 Å². The van der Waals surface area contributed by atoms with Crippen molar-refractivity contribution in [1.29, 1.82) is 0 Å². The minimum atomic E-state index is -1.33. The second kappa shape index (κ2) is 9.48. The summed E-state index contributed by atoms with van der Waals surface area (Å²) >= 11 is 17.4. The lowest BCUT2D eigenvalue weighted by atomic mass is 9.96. The van der Waals surface area contributed by atoms with Crippen LogP contribution in [0.3, 0.4) is 0 Å². The molecule has 6 nitrogen and oxygen atoms in total. The summed E-state index contributed by atoms with van der Waals surface area (Å²) in [5, 5.41) is 10.7. The third-order valence-electron chi connectivity index (χ3n) is 6.85. The SMILES string of the molecule is O=C1NC2(Oc3ccc(Br)cc3C3CC(c4ccccc4)=NN32)/C(=C/c2ccc(-c3c(Cl)cccc3Cl)o2)S1. The largest absolute Gasteiger partial charge is 0.457 e. The highest BCUT2D eigenvalue weighted by Crippen LogP contribution is 2.53. The zero-order valence-corrected chi connectivity index (χ0v) is 23.9. The average Bonchev–Trinajstić information content (AvgIpc) is 3.64. The molecule has 0 saturated carbocycles. The molecule has 1 fully saturated rings. The predicted octanol–water partition coefficient (Wildman–Crippen LogP) is 8.71. The van der Waals surface area contributed by atoms with Crippen molar-refractivity contribution in [2.75, 3.05) is 0 Å². The van der Waals surface area contributed by atoms with E-state index in [-0.39, 0.29) is 11.3 Å². The molecule has 4 heterocycles. The number of hydrogen-bond acceptors (Lipinski definition) is 6. The Balaban J connectivity index is 1.35. The van der Waals surface area contributed by atoms with Gasteiger partial charge in [0.15, 0.2) is 0 Å². The summed E-state index contributed by atoms with van der Waals surface area (Å²) in [6, 6.07) is 24.7. The van der Waals surface area contributed by atoms with Gasteiger partial charge in [0.25, 0.3) is 5.24 Å². The van der Waals surface area contributed by atoms with Gasteiger partial charge < -0.3 is 9.15 Å². The summed E-state index contributed by atoms with van der Waals surface area (Å²) in [5.74, 6) is 0.392. The normalized spacial score (nSPS) is 22.5. The Bertz CT molecular complexity index is 1690. The second-order valence-electron chi connectivity index (χ2n) is 9.23. The van der Waals surface area contributed by atoms with Gasteiger partial charge >= 0.3 is 5.85 Å². The Morgan fingerprint density at radius 1 is 1.05 bits per heavy atom. The van der Waals surface area contributed by atoms with Crippen molar-refractivity contribution in [2.24, 2.45) is 5.10 Å². The number of carbonyl (C=O) groups excluding carboxylic acids is 1. The van der Waals surface area contributed by atoms with E-state index in [4.69, 9.17) is 37.5 Å². The van der Waals surface area contributed by atoms with Gasteiger partial charge in [-0.2, -0.15) is 5.10 Å². The lowest BCUT2D eigenvalue weighted by Crippen LogP contribution is -2.61. The molecular formula is C29H18BrCl2N3O3S. The van der Waals surface area contributed by atoms with E-state index in [1.165, 1.54) is 0 Å². The molecule has 1 aromatic heterocycles. The number of amides is 1. The number of nitrogens with one attached hydrogen (secondary N) is 1. The molecule has 1 saturated heterocycles. The van der Waals surface area contributed by atoms with E-state index < -0.39 is 5.85 Å². The molecule has 3 aromatic carbocycles. The highest BCUT2D eigenvalue weighted by molar-refractivity contribution is 9.10. The van der Waals surface area contributed by atoms with Gasteiger partial charge in [0.1, 0.15) is 17.3 Å². The van der Waals surface area contributed by atoms with Crippen molar-refractivity contribution in [3.63, 3.8) is 0 Å². The summed E-state index contributed by atoms with van der Waals surface area (Å²) in [4.78, 5) is 13.5. The number of fused-ring (bicyclic) bond motifs is 4. The number of nitrogens with zero attached hydrogens (tertiary/aromatic N) is 2. The number of thioether (sulfide) groups is 1. The van der Waals surface area contributed by atoms with Crippen LogP contribution in [0.1, 0.15) is 29.3 Å². The maximum Gasteiger partial charge on any atom is 0.314 e. The van der Waals surface area contributed by atoms with Gasteiger partial charge in [-0.25, -0.2) is 5.01 Å². The summed E-state index contributed by atoms with van der Waals surface area (Å²) in [6.07, 6.45) is 2.45. The molecule has 0 radical (unpaired) electrons. The molecule has 4 aromatic rings. The van der Waals surface area contributed by atoms with Crippen LogP contribution in [0.15, 0.2) is 97.8 Å². The smallest absolute Gasteiger partial charge is 0.314 e. The fourth-order valence-corrected chi connectivity index (χ4v) is 6.97. The minimum absolute atomic E-state index is 0.155. The number of furan rings is 1. The molecule has 39 heavy (non-hydrogen) atoms. The predicted molar refractivity (Wildman–Crippen MR) is 158 cm³/mol. The summed E-state index contributed by atoms with van der Waals surface area (Å²) in [7, 11) is 0. The molecule has 3 aliphatic heterocycles. The summed E-state index contributed by atoms with van der Waals surface area (Å²) in [6.45, 7) is 0. The molecule has 194 valence electrons. The van der Waals surface area contributed by atoms with E-state index >= 15 is 0 Å². The first-order valence-electron chi connectivity index (χ1n) is 12.1. The highest BCUT2D eigenvalue weighted by atomic mass is 79.9. The topological polar surface area (TPSA) is 67.1 Å². The van der Waals surface area contributed by atoms with Crippen molar-refractivity contribution < 1.29 is 13.9 Å². The zero-order chi connectivity index (χ0) is 26.7. The number of hydrazone groups is 1. The Kier molecular flexibility index (Phi) is 6.04. The Labute approximate surface area is 246 Å². The number of hydrogen-bond donors (Lipinski definition) is 1. The van der Waals surface area contributed by atoms with Crippen LogP contribution in [-0.4, -0.2) is 21.8 Å². The van der Waals surface area contributed by atoms with Gasteiger partial charge in [-0.15, -0.1) is 0 Å². The van der Waals surface area contributed by atoms with E-state index in [1.807, 2.05) is 59.6 Å². The molecule has 7 rings (SSSR count). The monoisotopic (exact) mass is 637 g/mol. The lowest BCUT2D eigenvalue weighted by molar-refractivity contribution is -0.0949. The van der Waals surface area contributed by atoms with E-state index in [1.54, 1.807) is 30.3 Å². The molecule has 0 aliphatic carbocycles. The number of ether oxygens (including phenoxy) is 1.